The van der Waals surface area contributed by atoms with Crippen LogP contribution in [0.15, 0.2) is 97.1 Å². The second-order valence-electron chi connectivity index (χ2n) is 30.6. The number of amides is 2. The van der Waals surface area contributed by atoms with Crippen LogP contribution in [0.2, 0.25) is 10.0 Å². The highest BCUT2D eigenvalue weighted by molar-refractivity contribution is 7.91. The molecule has 20 heteroatoms. The summed E-state index contributed by atoms with van der Waals surface area (Å²) in [6.45, 7) is 10.9. The van der Waals surface area contributed by atoms with Crippen molar-refractivity contribution in [2.75, 3.05) is 63.4 Å². The number of fused-ring (bicyclic) bond motifs is 8. The molecule has 0 saturated heterocycles. The first-order valence-electron chi connectivity index (χ1n) is 35.4. The van der Waals surface area contributed by atoms with Crippen molar-refractivity contribution in [1.82, 2.24) is 9.44 Å². The minimum atomic E-state index is -3.96. The molecule has 4 heterocycles. The summed E-state index contributed by atoms with van der Waals surface area (Å²) in [7, 11) is -4.42. The Hall–Kier alpha value is -5.18. The van der Waals surface area contributed by atoms with Crippen molar-refractivity contribution in [2.24, 2.45) is 47.3 Å². The molecule has 2 spiro atoms. The lowest BCUT2D eigenvalue weighted by Crippen LogP contribution is -2.54. The highest BCUT2D eigenvalue weighted by atomic mass is 35.5. The van der Waals surface area contributed by atoms with Gasteiger partial charge in [0.25, 0.3) is 11.8 Å². The number of nitrogens with zero attached hydrogens (tertiary/aromatic N) is 2. The summed E-state index contributed by atoms with van der Waals surface area (Å²) in [5, 5.41) is 22.4. The third-order valence-electron chi connectivity index (χ3n) is 24.6. The number of aliphatic hydroxyl groups is 2. The summed E-state index contributed by atoms with van der Waals surface area (Å²) in [6, 6.07) is 23.0. The summed E-state index contributed by atoms with van der Waals surface area (Å²) in [5.74, 6) is 1.12. The smallest absolute Gasteiger partial charge is 0.264 e. The normalized spacial score (nSPS) is 34.4. The van der Waals surface area contributed by atoms with Crippen molar-refractivity contribution < 1.29 is 55.6 Å². The van der Waals surface area contributed by atoms with Crippen LogP contribution in [0.4, 0.5) is 11.4 Å². The largest absolute Gasteiger partial charge is 0.490 e. The Balaban J connectivity index is 0.000000174. The quantitative estimate of drug-likeness (QED) is 0.121. The lowest BCUT2D eigenvalue weighted by atomic mass is 9.62. The van der Waals surface area contributed by atoms with Crippen molar-refractivity contribution in [3.8, 4) is 11.5 Å². The number of hydrogen-bond acceptors (Lipinski definition) is 14. The average molecular weight is 1390 g/mol. The number of halogens is 2. The number of carbonyl (C=O) groups excluding carboxylic acids is 2. The van der Waals surface area contributed by atoms with E-state index >= 15 is 0 Å². The van der Waals surface area contributed by atoms with Crippen LogP contribution < -0.4 is 28.7 Å². The Morgan fingerprint density at radius 1 is 0.573 bits per heavy atom. The third-order valence-corrected chi connectivity index (χ3v) is 28.9. The molecule has 520 valence electrons. The van der Waals surface area contributed by atoms with Crippen LogP contribution in [0.1, 0.15) is 173 Å². The summed E-state index contributed by atoms with van der Waals surface area (Å²) < 4.78 is 84.8. The maximum atomic E-state index is 13.5. The van der Waals surface area contributed by atoms with Crippen LogP contribution in [-0.4, -0.2) is 126 Å². The lowest BCUT2D eigenvalue weighted by molar-refractivity contribution is -0.101. The van der Waals surface area contributed by atoms with E-state index in [1.807, 2.05) is 50.3 Å². The van der Waals surface area contributed by atoms with E-state index in [1.165, 1.54) is 22.3 Å². The molecular formula is C76H98Cl2N4O12S2. The van der Waals surface area contributed by atoms with Gasteiger partial charge in [0.05, 0.1) is 58.5 Å². The standard InChI is InChI=1S/2C38H49ClN2O6S/c2*1-24-6-4-17-38(46-3,20-34(42)26-8-9-26)32-13-10-29(32)21-41-22-37(16-5-7-27-18-30(39)12-14-31(27)37)23-47-35-15-11-28(19-33(35)41)36(43)40-48(44,45)25(24)2/h2*4,11-12,14-15,17-19,24-26,29,32,34,42H,5-10,13,16,20-23H2,1-3H3,(H,40,43)/b2*17-4+/t24-,25+,29-,32+,34+,37-,38+;24-,25+,29-,32+,34-,37-,38+/m00/s1. The minimum Gasteiger partial charge on any atom is -0.490 e. The molecule has 4 fully saturated rings. The molecule has 14 rings (SSSR count). The van der Waals surface area contributed by atoms with E-state index in [2.05, 4.69) is 55.7 Å². The molecule has 6 aliphatic carbocycles. The van der Waals surface area contributed by atoms with E-state index in [4.69, 9.17) is 42.1 Å². The number of allylic oxidation sites excluding steroid dienone is 2. The van der Waals surface area contributed by atoms with Crippen molar-refractivity contribution in [1.29, 1.82) is 0 Å². The molecule has 0 unspecified atom stereocenters. The Morgan fingerprint density at radius 2 is 0.979 bits per heavy atom. The van der Waals surface area contributed by atoms with Gasteiger partial charge in [-0.15, -0.1) is 0 Å². The molecular weight excluding hydrogens is 1300 g/mol. The number of carbonyl (C=O) groups is 2. The molecule has 4 aromatic carbocycles. The average Bonchev–Trinajstić information content (AvgIpc) is 1.56. The predicted molar refractivity (Wildman–Crippen MR) is 377 cm³/mol. The number of aliphatic hydroxyl groups excluding tert-OH is 2. The van der Waals surface area contributed by atoms with Gasteiger partial charge in [-0.1, -0.05) is 73.5 Å². The van der Waals surface area contributed by atoms with Gasteiger partial charge in [0, 0.05) is 85.2 Å². The SMILES string of the molecule is CO[C@@]1(C[C@@H](O)C2CC2)/C=C/C[C@H](C)[C@@H](C)S(=O)(=O)NC(=O)c2ccc3c(c2)N(C[C@@H]2CC[C@H]21)C[C@@]1(CCCc2cc(Cl)ccc21)CO3.CO[C@@]1(C[C@H](O)C2CC2)/C=C/C[C@H](C)[C@@H](C)S(=O)(=O)NC(=O)c2ccc3c(c2)N(C[C@@H]2CC[C@H]21)C[C@@]1(CCCc2cc(Cl)ccc21)CO3. The minimum absolute atomic E-state index is 0.170. The lowest BCUT2D eigenvalue weighted by Gasteiger charge is -2.51. The van der Waals surface area contributed by atoms with Crippen molar-refractivity contribution in [2.45, 2.75) is 188 Å². The van der Waals surface area contributed by atoms with Gasteiger partial charge in [-0.2, -0.15) is 0 Å². The predicted octanol–water partition coefficient (Wildman–Crippen LogP) is 12.9. The van der Waals surface area contributed by atoms with E-state index < -0.39 is 65.8 Å². The number of sulfonamides is 2. The summed E-state index contributed by atoms with van der Waals surface area (Å²) >= 11 is 12.9. The van der Waals surface area contributed by atoms with Crippen molar-refractivity contribution in [3.63, 3.8) is 0 Å². The van der Waals surface area contributed by atoms with E-state index in [9.17, 15) is 36.6 Å². The number of anilines is 2. The number of benzene rings is 4. The molecule has 4 saturated carbocycles. The Morgan fingerprint density at radius 3 is 1.34 bits per heavy atom. The molecule has 96 heavy (non-hydrogen) atoms. The van der Waals surface area contributed by atoms with Crippen LogP contribution in [-0.2, 0) is 53.2 Å². The Kier molecular flexibility index (Phi) is 19.8. The molecule has 0 radical (unpaired) electrons. The fourth-order valence-electron chi connectivity index (χ4n) is 17.7. The fourth-order valence-corrected chi connectivity index (χ4v) is 20.7. The number of ether oxygens (including phenoxy) is 4. The van der Waals surface area contributed by atoms with Gasteiger partial charge in [0.1, 0.15) is 11.5 Å². The molecule has 4 aromatic rings. The Labute approximate surface area is 578 Å². The molecule has 16 nitrogen and oxygen atoms in total. The summed E-state index contributed by atoms with van der Waals surface area (Å²) in [4.78, 5) is 31.8. The third kappa shape index (κ3) is 13.8. The highest BCUT2D eigenvalue weighted by Crippen LogP contribution is 2.54. The van der Waals surface area contributed by atoms with Crippen molar-refractivity contribution >= 4 is 66.4 Å². The van der Waals surface area contributed by atoms with E-state index in [0.717, 1.165) is 124 Å². The van der Waals surface area contributed by atoms with Crippen LogP contribution in [0.3, 0.4) is 0 Å². The second kappa shape index (κ2) is 27.4. The van der Waals surface area contributed by atoms with Crippen LogP contribution in [0, 0.1) is 47.3 Å². The molecule has 4 bridgehead atoms. The van der Waals surface area contributed by atoms with Gasteiger partial charge >= 0.3 is 0 Å². The van der Waals surface area contributed by atoms with Gasteiger partial charge in [0.2, 0.25) is 20.0 Å². The monoisotopic (exact) mass is 1390 g/mol. The molecule has 2 amide bonds. The van der Waals surface area contributed by atoms with Gasteiger partial charge in [-0.3, -0.25) is 9.59 Å². The number of aryl methyl sites for hydroxylation is 2. The van der Waals surface area contributed by atoms with E-state index in [0.29, 0.717) is 75.3 Å². The molecule has 0 aromatic heterocycles. The molecule has 4 aliphatic heterocycles. The zero-order valence-corrected chi connectivity index (χ0v) is 59.7. The van der Waals surface area contributed by atoms with Gasteiger partial charge in [-0.05, 0) is 247 Å². The highest BCUT2D eigenvalue weighted by Gasteiger charge is 2.53. The summed E-state index contributed by atoms with van der Waals surface area (Å²) in [6.07, 6.45) is 23.6. The molecule has 14 atom stereocenters. The number of rotatable bonds is 8. The zero-order chi connectivity index (χ0) is 67.7. The number of hydrogen-bond donors (Lipinski definition) is 4. The van der Waals surface area contributed by atoms with E-state index in [1.54, 1.807) is 52.3 Å². The first-order chi connectivity index (χ1) is 45.9. The van der Waals surface area contributed by atoms with Gasteiger partial charge in [0.15, 0.2) is 0 Å². The first-order valence-corrected chi connectivity index (χ1v) is 39.3. The van der Waals surface area contributed by atoms with Crippen LogP contribution in [0.25, 0.3) is 0 Å². The van der Waals surface area contributed by atoms with Gasteiger partial charge in [-0.25, -0.2) is 26.3 Å². The van der Waals surface area contributed by atoms with Crippen LogP contribution in [0.5, 0.6) is 11.5 Å². The van der Waals surface area contributed by atoms with Crippen LogP contribution >= 0.6 is 23.2 Å². The summed E-state index contributed by atoms with van der Waals surface area (Å²) in [5.41, 5.74) is 5.30. The van der Waals surface area contributed by atoms with Crippen molar-refractivity contribution in [3.05, 3.63) is 141 Å². The topological polar surface area (TPSA) is 210 Å². The van der Waals surface area contributed by atoms with Gasteiger partial charge < -0.3 is 39.0 Å². The first kappa shape index (κ1) is 69.3. The second-order valence-corrected chi connectivity index (χ2v) is 35.5. The Bertz CT molecular complexity index is 3630. The molecule has 4 N–H and O–H groups in total. The maximum absolute atomic E-state index is 13.5. The fraction of sp³-hybridized carbons (Fsp3) is 0.605. The zero-order valence-electron chi connectivity index (χ0n) is 56.6. The van der Waals surface area contributed by atoms with E-state index in [-0.39, 0.29) is 57.5 Å². The number of methoxy groups -OCH3 is 2. The maximum Gasteiger partial charge on any atom is 0.264 e. The molecule has 10 aliphatic rings. The number of nitrogens with one attached hydrogen (secondary N) is 2.